The lowest BCUT2D eigenvalue weighted by Gasteiger charge is -2.15. The third kappa shape index (κ3) is 5.73. The van der Waals surface area contributed by atoms with Crippen LogP contribution >= 0.6 is 47.2 Å². The number of benzene rings is 2. The fourth-order valence-electron chi connectivity index (χ4n) is 2.93. The van der Waals surface area contributed by atoms with E-state index in [1.807, 2.05) is 0 Å². The Bertz CT molecular complexity index is 1140. The quantitative estimate of drug-likeness (QED) is 0.258. The standard InChI is InChI=1S/C22H19Cl2NO6S2/c1-4-30-19(26)11-31-20-15(24)7-12(8-17(20)29-3)9-18-21(27)25(22(32)33-18)13-5-6-16(28-2)14(23)10-13/h5-10H,4,11H2,1-3H3/b18-9-. The topological polar surface area (TPSA) is 74.3 Å². The lowest BCUT2D eigenvalue weighted by molar-refractivity contribution is -0.145. The number of methoxy groups -OCH3 is 2. The molecule has 0 aliphatic carbocycles. The molecule has 11 heteroatoms. The molecule has 174 valence electrons. The number of rotatable bonds is 8. The Morgan fingerprint density at radius 1 is 1.12 bits per heavy atom. The van der Waals surface area contributed by atoms with Gasteiger partial charge in [-0.15, -0.1) is 0 Å². The highest BCUT2D eigenvalue weighted by Gasteiger charge is 2.33. The minimum atomic E-state index is -0.526. The molecule has 0 unspecified atom stereocenters. The van der Waals surface area contributed by atoms with E-state index in [9.17, 15) is 9.59 Å². The molecular weight excluding hydrogens is 509 g/mol. The highest BCUT2D eigenvalue weighted by molar-refractivity contribution is 8.27. The summed E-state index contributed by atoms with van der Waals surface area (Å²) in [5.74, 6) is 0.166. The largest absolute Gasteiger partial charge is 0.495 e. The molecule has 0 radical (unpaired) electrons. The summed E-state index contributed by atoms with van der Waals surface area (Å²) in [5.41, 5.74) is 1.12. The van der Waals surface area contributed by atoms with Gasteiger partial charge in [-0.3, -0.25) is 9.69 Å². The van der Waals surface area contributed by atoms with Gasteiger partial charge in [0.15, 0.2) is 22.4 Å². The van der Waals surface area contributed by atoms with Crippen molar-refractivity contribution in [2.45, 2.75) is 6.92 Å². The number of esters is 1. The zero-order valence-electron chi connectivity index (χ0n) is 17.8. The van der Waals surface area contributed by atoms with E-state index in [1.54, 1.807) is 43.3 Å². The molecule has 1 amide bonds. The summed E-state index contributed by atoms with van der Waals surface area (Å²) in [6, 6.07) is 8.22. The van der Waals surface area contributed by atoms with Crippen molar-refractivity contribution < 1.29 is 28.5 Å². The van der Waals surface area contributed by atoms with E-state index in [0.29, 0.717) is 37.0 Å². The Kier molecular flexibility index (Phi) is 8.47. The average molecular weight is 528 g/mol. The number of ether oxygens (including phenoxy) is 4. The lowest BCUT2D eigenvalue weighted by atomic mass is 10.1. The molecule has 0 spiro atoms. The predicted molar refractivity (Wildman–Crippen MR) is 134 cm³/mol. The minimum absolute atomic E-state index is 0.199. The van der Waals surface area contributed by atoms with Gasteiger partial charge in [-0.1, -0.05) is 47.2 Å². The van der Waals surface area contributed by atoms with Crippen LogP contribution in [-0.2, 0) is 14.3 Å². The molecule has 0 saturated carbocycles. The van der Waals surface area contributed by atoms with Crippen molar-refractivity contribution in [3.8, 4) is 17.2 Å². The summed E-state index contributed by atoms with van der Waals surface area (Å²) >= 11 is 19.1. The molecule has 1 fully saturated rings. The summed E-state index contributed by atoms with van der Waals surface area (Å²) in [6.45, 7) is 1.63. The number of nitrogens with zero attached hydrogens (tertiary/aromatic N) is 1. The summed E-state index contributed by atoms with van der Waals surface area (Å²) < 4.78 is 21.2. The number of carbonyl (C=O) groups excluding carboxylic acids is 2. The van der Waals surface area contributed by atoms with Gasteiger partial charge in [0, 0.05) is 0 Å². The van der Waals surface area contributed by atoms with Gasteiger partial charge in [-0.2, -0.15) is 0 Å². The molecule has 1 aliphatic heterocycles. The van der Waals surface area contributed by atoms with Crippen LogP contribution in [0.1, 0.15) is 12.5 Å². The zero-order chi connectivity index (χ0) is 24.1. The fraction of sp³-hybridized carbons (Fsp3) is 0.227. The maximum absolute atomic E-state index is 13.1. The third-order valence-electron chi connectivity index (χ3n) is 4.38. The maximum Gasteiger partial charge on any atom is 0.344 e. The van der Waals surface area contributed by atoms with E-state index >= 15 is 0 Å². The summed E-state index contributed by atoms with van der Waals surface area (Å²) in [7, 11) is 2.95. The van der Waals surface area contributed by atoms with Crippen LogP contribution in [-0.4, -0.2) is 43.6 Å². The van der Waals surface area contributed by atoms with Crippen molar-refractivity contribution in [3.63, 3.8) is 0 Å². The summed E-state index contributed by atoms with van der Waals surface area (Å²) in [5, 5.41) is 0.574. The van der Waals surface area contributed by atoms with Crippen molar-refractivity contribution in [3.05, 3.63) is 50.8 Å². The Balaban J connectivity index is 1.86. The van der Waals surface area contributed by atoms with Gasteiger partial charge in [-0.25, -0.2) is 4.79 Å². The molecule has 0 atom stereocenters. The number of amides is 1. The van der Waals surface area contributed by atoms with E-state index < -0.39 is 5.97 Å². The number of hydrogen-bond donors (Lipinski definition) is 0. The van der Waals surface area contributed by atoms with Crippen molar-refractivity contribution in [2.24, 2.45) is 0 Å². The summed E-state index contributed by atoms with van der Waals surface area (Å²) in [4.78, 5) is 26.4. The van der Waals surface area contributed by atoms with Crippen LogP contribution in [0.3, 0.4) is 0 Å². The van der Waals surface area contributed by atoms with Crippen LogP contribution in [0.25, 0.3) is 6.08 Å². The van der Waals surface area contributed by atoms with Gasteiger partial charge in [0.1, 0.15) is 5.75 Å². The molecule has 1 heterocycles. The predicted octanol–water partition coefficient (Wildman–Crippen LogP) is 5.36. The number of thiocarbonyl (C=S) groups is 1. The zero-order valence-corrected chi connectivity index (χ0v) is 21.0. The first-order valence-electron chi connectivity index (χ1n) is 9.56. The lowest BCUT2D eigenvalue weighted by Crippen LogP contribution is -2.27. The van der Waals surface area contributed by atoms with Gasteiger partial charge in [0.25, 0.3) is 5.91 Å². The van der Waals surface area contributed by atoms with Crippen LogP contribution in [0.2, 0.25) is 10.0 Å². The van der Waals surface area contributed by atoms with Crippen LogP contribution in [0.4, 0.5) is 5.69 Å². The second kappa shape index (κ2) is 11.1. The second-order valence-corrected chi connectivity index (χ2v) is 8.95. The summed E-state index contributed by atoms with van der Waals surface area (Å²) in [6.07, 6.45) is 1.65. The third-order valence-corrected chi connectivity index (χ3v) is 6.25. The number of carbonyl (C=O) groups is 2. The molecule has 7 nitrogen and oxygen atoms in total. The van der Waals surface area contributed by atoms with Crippen LogP contribution in [0.15, 0.2) is 35.2 Å². The molecule has 1 aliphatic rings. The van der Waals surface area contributed by atoms with Gasteiger partial charge < -0.3 is 18.9 Å². The van der Waals surface area contributed by atoms with E-state index in [1.165, 1.54) is 19.1 Å². The first kappa shape index (κ1) is 25.2. The average Bonchev–Trinajstić information content (AvgIpc) is 3.05. The maximum atomic E-state index is 13.1. The van der Waals surface area contributed by atoms with E-state index in [4.69, 9.17) is 54.4 Å². The van der Waals surface area contributed by atoms with Crippen molar-refractivity contribution >= 4 is 75.1 Å². The van der Waals surface area contributed by atoms with Crippen LogP contribution < -0.4 is 19.1 Å². The van der Waals surface area contributed by atoms with E-state index in [-0.39, 0.29) is 29.9 Å². The second-order valence-electron chi connectivity index (χ2n) is 6.46. The molecule has 2 aromatic carbocycles. The van der Waals surface area contributed by atoms with Crippen molar-refractivity contribution in [1.29, 1.82) is 0 Å². The molecular formula is C22H19Cl2NO6S2. The highest BCUT2D eigenvalue weighted by atomic mass is 35.5. The van der Waals surface area contributed by atoms with Gasteiger partial charge in [0.05, 0.1) is 41.5 Å². The van der Waals surface area contributed by atoms with Crippen LogP contribution in [0, 0.1) is 0 Å². The van der Waals surface area contributed by atoms with E-state index in [2.05, 4.69) is 0 Å². The molecule has 0 aromatic heterocycles. The first-order valence-corrected chi connectivity index (χ1v) is 11.5. The smallest absolute Gasteiger partial charge is 0.344 e. The molecule has 0 N–H and O–H groups in total. The molecule has 33 heavy (non-hydrogen) atoms. The highest BCUT2D eigenvalue weighted by Crippen LogP contribution is 2.41. The number of halogens is 2. The molecule has 0 bridgehead atoms. The Hall–Kier alpha value is -2.46. The molecule has 1 saturated heterocycles. The first-order chi connectivity index (χ1) is 15.8. The van der Waals surface area contributed by atoms with Gasteiger partial charge in [0.2, 0.25) is 0 Å². The number of anilines is 1. The molecule has 2 aromatic rings. The van der Waals surface area contributed by atoms with E-state index in [0.717, 1.165) is 11.8 Å². The number of thioether (sulfide) groups is 1. The van der Waals surface area contributed by atoms with Gasteiger partial charge >= 0.3 is 5.97 Å². The minimum Gasteiger partial charge on any atom is -0.495 e. The van der Waals surface area contributed by atoms with Crippen LogP contribution in [0.5, 0.6) is 17.2 Å². The normalized spacial score (nSPS) is 14.6. The van der Waals surface area contributed by atoms with Gasteiger partial charge in [-0.05, 0) is 48.9 Å². The van der Waals surface area contributed by atoms with Crippen molar-refractivity contribution in [1.82, 2.24) is 0 Å². The fourth-order valence-corrected chi connectivity index (χ4v) is 4.76. The Labute approximate surface area is 210 Å². The SMILES string of the molecule is CCOC(=O)COc1c(Cl)cc(/C=C2\SC(=S)N(c3ccc(OC)c(Cl)c3)C2=O)cc1OC. The number of hydrogen-bond acceptors (Lipinski definition) is 8. The monoisotopic (exact) mass is 527 g/mol. The Morgan fingerprint density at radius 3 is 2.48 bits per heavy atom. The van der Waals surface area contributed by atoms with Crippen molar-refractivity contribution in [2.75, 3.05) is 32.3 Å². The Morgan fingerprint density at radius 2 is 1.85 bits per heavy atom. The molecule has 3 rings (SSSR count).